The molecule has 0 saturated heterocycles. The van der Waals surface area contributed by atoms with Crippen molar-refractivity contribution in [3.8, 4) is 0 Å². The van der Waals surface area contributed by atoms with Crippen LogP contribution in [0, 0.1) is 17.5 Å². The summed E-state index contributed by atoms with van der Waals surface area (Å²) in [5.74, 6) is -2.54. The van der Waals surface area contributed by atoms with Gasteiger partial charge in [-0.05, 0) is 0 Å². The van der Waals surface area contributed by atoms with Crippen LogP contribution in [-0.2, 0) is 4.79 Å². The van der Waals surface area contributed by atoms with E-state index in [1.54, 1.807) is 0 Å². The van der Waals surface area contributed by atoms with Gasteiger partial charge in [0.15, 0.2) is 5.12 Å². The molecule has 1 aromatic carbocycles. The van der Waals surface area contributed by atoms with Crippen LogP contribution in [0.25, 0.3) is 6.08 Å². The van der Waals surface area contributed by atoms with Crippen molar-refractivity contribution in [2.45, 2.75) is 6.92 Å². The van der Waals surface area contributed by atoms with Crippen molar-refractivity contribution in [2.75, 3.05) is 5.75 Å². The fourth-order valence-electron chi connectivity index (χ4n) is 1.04. The van der Waals surface area contributed by atoms with Gasteiger partial charge in [0, 0.05) is 30.4 Å². The number of hydrogen-bond donors (Lipinski definition) is 0. The van der Waals surface area contributed by atoms with Gasteiger partial charge in [-0.25, -0.2) is 13.2 Å². The molecule has 0 saturated carbocycles. The second kappa shape index (κ2) is 5.75. The third-order valence-electron chi connectivity index (χ3n) is 1.71. The van der Waals surface area contributed by atoms with Gasteiger partial charge in [0.25, 0.3) is 0 Å². The van der Waals surface area contributed by atoms with Crippen molar-refractivity contribution in [1.82, 2.24) is 0 Å². The highest BCUT2D eigenvalue weighted by atomic mass is 32.2. The van der Waals surface area contributed by atoms with E-state index < -0.39 is 17.5 Å². The Morgan fingerprint density at radius 2 is 1.88 bits per heavy atom. The van der Waals surface area contributed by atoms with Crippen LogP contribution in [-0.4, -0.2) is 10.9 Å². The molecular weight excluding hydrogens is 237 g/mol. The van der Waals surface area contributed by atoms with Gasteiger partial charge >= 0.3 is 0 Å². The fourth-order valence-corrected chi connectivity index (χ4v) is 1.47. The van der Waals surface area contributed by atoms with Crippen LogP contribution in [0.2, 0.25) is 0 Å². The number of benzene rings is 1. The average molecular weight is 246 g/mol. The molecule has 1 aromatic rings. The highest BCUT2D eigenvalue weighted by Crippen LogP contribution is 2.16. The molecule has 0 spiro atoms. The first-order valence-electron chi connectivity index (χ1n) is 4.45. The Balaban J connectivity index is 2.77. The lowest BCUT2D eigenvalue weighted by atomic mass is 10.2. The predicted molar refractivity (Wildman–Crippen MR) is 58.5 cm³/mol. The highest BCUT2D eigenvalue weighted by molar-refractivity contribution is 8.13. The minimum atomic E-state index is -0.957. The van der Waals surface area contributed by atoms with Gasteiger partial charge in [-0.3, -0.25) is 4.79 Å². The van der Waals surface area contributed by atoms with E-state index in [-0.39, 0.29) is 10.7 Å². The number of halogens is 3. The second-order valence-electron chi connectivity index (χ2n) is 2.99. The molecule has 0 atom stereocenters. The summed E-state index contributed by atoms with van der Waals surface area (Å²) in [4.78, 5) is 10.6. The molecule has 0 heterocycles. The summed E-state index contributed by atoms with van der Waals surface area (Å²) in [5, 5.41) is -0.0790. The Morgan fingerprint density at radius 3 is 2.38 bits per heavy atom. The van der Waals surface area contributed by atoms with Gasteiger partial charge < -0.3 is 0 Å². The quantitative estimate of drug-likeness (QED) is 0.813. The summed E-state index contributed by atoms with van der Waals surface area (Å²) in [7, 11) is 0. The molecule has 0 amide bonds. The van der Waals surface area contributed by atoms with Crippen molar-refractivity contribution in [3.63, 3.8) is 0 Å². The van der Waals surface area contributed by atoms with Crippen LogP contribution in [0.3, 0.4) is 0 Å². The minimum absolute atomic E-state index is 0.0790. The van der Waals surface area contributed by atoms with Crippen LogP contribution < -0.4 is 0 Å². The number of thioether (sulfide) groups is 1. The summed E-state index contributed by atoms with van der Waals surface area (Å²) in [6.45, 7) is 1.40. The van der Waals surface area contributed by atoms with E-state index in [0.717, 1.165) is 11.8 Å². The minimum Gasteiger partial charge on any atom is -0.288 e. The molecule has 0 bridgehead atoms. The van der Waals surface area contributed by atoms with Crippen molar-refractivity contribution in [2.24, 2.45) is 0 Å². The third-order valence-corrected chi connectivity index (χ3v) is 2.48. The molecule has 0 aromatic heterocycles. The zero-order valence-electron chi connectivity index (χ0n) is 8.47. The average Bonchev–Trinajstić information content (AvgIpc) is 2.14. The van der Waals surface area contributed by atoms with Gasteiger partial charge in [0.1, 0.15) is 17.5 Å². The fraction of sp³-hybridized carbons (Fsp3) is 0.182. The smallest absolute Gasteiger partial charge is 0.186 e. The SMILES string of the molecule is CC(=O)SCC=Cc1c(F)cc(F)cc1F. The zero-order valence-corrected chi connectivity index (χ0v) is 9.28. The highest BCUT2D eigenvalue weighted by Gasteiger charge is 2.07. The summed E-state index contributed by atoms with van der Waals surface area (Å²) >= 11 is 1.02. The lowest BCUT2D eigenvalue weighted by molar-refractivity contribution is -0.109. The van der Waals surface area contributed by atoms with E-state index >= 15 is 0 Å². The molecule has 1 rings (SSSR count). The molecule has 0 fully saturated rings. The van der Waals surface area contributed by atoms with Gasteiger partial charge in [-0.15, -0.1) is 0 Å². The number of hydrogen-bond acceptors (Lipinski definition) is 2. The molecule has 0 aliphatic carbocycles. The Morgan fingerprint density at radius 1 is 1.31 bits per heavy atom. The third kappa shape index (κ3) is 3.73. The molecule has 86 valence electrons. The standard InChI is InChI=1S/C11H9F3OS/c1-7(15)16-4-2-3-9-10(13)5-8(12)6-11(9)14/h2-3,5-6H,4H2,1H3. The van der Waals surface area contributed by atoms with Crippen LogP contribution in [0.1, 0.15) is 12.5 Å². The predicted octanol–water partition coefficient (Wildman–Crippen LogP) is 3.40. The van der Waals surface area contributed by atoms with Gasteiger partial charge in [0.05, 0.1) is 0 Å². The molecule has 1 nitrogen and oxygen atoms in total. The van der Waals surface area contributed by atoms with E-state index in [1.807, 2.05) is 0 Å². The molecule has 0 N–H and O–H groups in total. The largest absolute Gasteiger partial charge is 0.288 e. The van der Waals surface area contributed by atoms with E-state index in [4.69, 9.17) is 0 Å². The Labute approximate surface area is 95.3 Å². The molecule has 5 heteroatoms. The number of rotatable bonds is 3. The van der Waals surface area contributed by atoms with E-state index in [1.165, 1.54) is 19.1 Å². The van der Waals surface area contributed by atoms with Crippen molar-refractivity contribution in [1.29, 1.82) is 0 Å². The summed E-state index contributed by atoms with van der Waals surface area (Å²) < 4.78 is 38.7. The molecule has 0 aliphatic heterocycles. The Bertz CT molecular complexity index is 406. The van der Waals surface area contributed by atoms with E-state index in [2.05, 4.69) is 0 Å². The molecular formula is C11H9F3OS. The maximum Gasteiger partial charge on any atom is 0.186 e. The van der Waals surface area contributed by atoms with Crippen molar-refractivity contribution >= 4 is 23.0 Å². The molecule has 16 heavy (non-hydrogen) atoms. The molecule has 0 aliphatic rings. The van der Waals surface area contributed by atoms with Crippen LogP contribution in [0.15, 0.2) is 18.2 Å². The first-order valence-corrected chi connectivity index (χ1v) is 5.43. The van der Waals surface area contributed by atoms with Gasteiger partial charge in [-0.1, -0.05) is 23.9 Å². The van der Waals surface area contributed by atoms with Crippen molar-refractivity contribution < 1.29 is 18.0 Å². The number of carbonyl (C=O) groups excluding carboxylic acids is 1. The normalized spacial score (nSPS) is 11.0. The van der Waals surface area contributed by atoms with Crippen molar-refractivity contribution in [3.05, 3.63) is 41.2 Å². The van der Waals surface area contributed by atoms with Gasteiger partial charge in [0.2, 0.25) is 0 Å². The number of carbonyl (C=O) groups is 1. The Hall–Kier alpha value is -1.23. The maximum absolute atomic E-state index is 13.1. The molecule has 0 radical (unpaired) electrons. The van der Waals surface area contributed by atoms with E-state index in [9.17, 15) is 18.0 Å². The van der Waals surface area contributed by atoms with E-state index in [0.29, 0.717) is 17.9 Å². The first kappa shape index (κ1) is 12.8. The second-order valence-corrected chi connectivity index (χ2v) is 4.18. The molecule has 0 unspecified atom stereocenters. The van der Waals surface area contributed by atoms with Crippen LogP contribution >= 0.6 is 11.8 Å². The monoisotopic (exact) mass is 246 g/mol. The summed E-state index contributed by atoms with van der Waals surface area (Å²) in [6, 6.07) is 1.22. The topological polar surface area (TPSA) is 17.1 Å². The zero-order chi connectivity index (χ0) is 12.1. The van der Waals surface area contributed by atoms with Crippen LogP contribution in [0.4, 0.5) is 13.2 Å². The first-order chi connectivity index (χ1) is 7.50. The lowest BCUT2D eigenvalue weighted by Gasteiger charge is -1.99. The lowest BCUT2D eigenvalue weighted by Crippen LogP contribution is -1.91. The summed E-state index contributed by atoms with van der Waals surface area (Å²) in [5.41, 5.74) is -0.300. The maximum atomic E-state index is 13.1. The Kier molecular flexibility index (Phi) is 4.61. The van der Waals surface area contributed by atoms with Gasteiger partial charge in [-0.2, -0.15) is 0 Å². The summed E-state index contributed by atoms with van der Waals surface area (Å²) in [6.07, 6.45) is 2.64. The van der Waals surface area contributed by atoms with Crippen LogP contribution in [0.5, 0.6) is 0 Å².